The van der Waals surface area contributed by atoms with Gasteiger partial charge < -0.3 is 0 Å². The van der Waals surface area contributed by atoms with Crippen molar-refractivity contribution in [3.05, 3.63) is 54.4 Å². The molecule has 4 nitrogen and oxygen atoms in total. The molecule has 88 valence electrons. The van der Waals surface area contributed by atoms with Gasteiger partial charge in [-0.3, -0.25) is 0 Å². The van der Waals surface area contributed by atoms with Crippen molar-refractivity contribution in [1.29, 1.82) is 0 Å². The maximum absolute atomic E-state index is 10.9. The minimum absolute atomic E-state index is 0.759. The van der Waals surface area contributed by atoms with E-state index in [1.807, 2.05) is 31.2 Å². The summed E-state index contributed by atoms with van der Waals surface area (Å²) in [6, 6.07) is 11.1. The van der Waals surface area contributed by atoms with Gasteiger partial charge in [-0.2, -0.15) is 0 Å². The third-order valence-electron chi connectivity index (χ3n) is 2.52. The van der Waals surface area contributed by atoms with E-state index in [0.29, 0.717) is 0 Å². The number of aryl methyl sites for hydroxylation is 1. The molecule has 1 heterocycles. The van der Waals surface area contributed by atoms with E-state index in [1.54, 1.807) is 12.1 Å². The van der Waals surface area contributed by atoms with Crippen molar-refractivity contribution in [2.24, 2.45) is 0 Å². The van der Waals surface area contributed by atoms with E-state index in [0.717, 1.165) is 20.7 Å². The summed E-state index contributed by atoms with van der Waals surface area (Å²) in [6.45, 7) is 1.99. The summed E-state index contributed by atoms with van der Waals surface area (Å²) in [4.78, 5) is 0. The Bertz CT molecular complexity index is 633. The maximum Gasteiger partial charge on any atom is 0.511 e. The lowest BCUT2D eigenvalue weighted by atomic mass is 10.0. The molecule has 0 amide bonds. The third kappa shape index (κ3) is 2.51. The molecule has 1 N–H and O–H groups in total. The minimum atomic E-state index is -4.20. The van der Waals surface area contributed by atoms with Crippen LogP contribution in [0.1, 0.15) is 5.56 Å². The first-order valence-corrected chi connectivity index (χ1v) is 6.43. The van der Waals surface area contributed by atoms with Crippen LogP contribution < -0.4 is 3.97 Å². The first kappa shape index (κ1) is 11.8. The molecule has 0 bridgehead atoms. The lowest BCUT2D eigenvalue weighted by Crippen LogP contribution is -2.41. The van der Waals surface area contributed by atoms with E-state index < -0.39 is 10.3 Å². The zero-order valence-corrected chi connectivity index (χ0v) is 10.1. The van der Waals surface area contributed by atoms with Gasteiger partial charge in [-0.05, 0) is 23.6 Å². The minimum Gasteiger partial charge on any atom is -0.233 e. The highest BCUT2D eigenvalue weighted by atomic mass is 32.2. The smallest absolute Gasteiger partial charge is 0.233 e. The molecule has 0 aliphatic heterocycles. The van der Waals surface area contributed by atoms with Crippen molar-refractivity contribution in [2.45, 2.75) is 6.92 Å². The van der Waals surface area contributed by atoms with E-state index in [-0.39, 0.29) is 0 Å². The average molecular weight is 250 g/mol. The van der Waals surface area contributed by atoms with Crippen LogP contribution in [-0.2, 0) is 10.3 Å². The number of rotatable bonds is 2. The summed E-state index contributed by atoms with van der Waals surface area (Å²) in [5.74, 6) is 0. The van der Waals surface area contributed by atoms with Crippen molar-refractivity contribution < 1.29 is 16.9 Å². The van der Waals surface area contributed by atoms with E-state index in [2.05, 4.69) is 0 Å². The van der Waals surface area contributed by atoms with E-state index in [9.17, 15) is 8.42 Å². The number of hydrogen-bond donors (Lipinski definition) is 1. The van der Waals surface area contributed by atoms with Gasteiger partial charge >= 0.3 is 10.3 Å². The van der Waals surface area contributed by atoms with Crippen LogP contribution >= 0.6 is 0 Å². The molecule has 0 aliphatic carbocycles. The van der Waals surface area contributed by atoms with Crippen molar-refractivity contribution in [2.75, 3.05) is 0 Å². The summed E-state index contributed by atoms with van der Waals surface area (Å²) in [6.07, 6.45) is 2.63. The molecule has 17 heavy (non-hydrogen) atoms. The lowest BCUT2D eigenvalue weighted by Gasteiger charge is -2.03. The predicted molar refractivity (Wildman–Crippen MR) is 63.8 cm³/mol. The fraction of sp³-hybridized carbons (Fsp3) is 0.0833. The van der Waals surface area contributed by atoms with Crippen molar-refractivity contribution >= 4 is 10.3 Å². The zero-order chi connectivity index (χ0) is 12.5. The van der Waals surface area contributed by atoms with Gasteiger partial charge in [0.05, 0.1) is 0 Å². The predicted octanol–water partition coefficient (Wildman–Crippen LogP) is 1.60. The Kier molecular flexibility index (Phi) is 2.95. The number of nitrogens with zero attached hydrogens (tertiary/aromatic N) is 1. The molecule has 1 aromatic carbocycles. The Hall–Kier alpha value is -1.72. The molecular weight excluding hydrogens is 238 g/mol. The number of hydrogen-bond acceptors (Lipinski definition) is 2. The molecule has 0 saturated heterocycles. The van der Waals surface area contributed by atoms with Crippen LogP contribution in [0.4, 0.5) is 0 Å². The molecule has 5 heteroatoms. The molecule has 2 rings (SSSR count). The highest BCUT2D eigenvalue weighted by molar-refractivity contribution is 7.79. The van der Waals surface area contributed by atoms with Crippen LogP contribution in [0.15, 0.2) is 48.8 Å². The summed E-state index contributed by atoms with van der Waals surface area (Å²) >= 11 is 0. The van der Waals surface area contributed by atoms with Crippen LogP contribution in [0.25, 0.3) is 11.1 Å². The standard InChI is InChI=1S/C12H11NO3S/c1-10-4-2-3-5-12(10)11-6-8-13(9-7-11)17(14,15)16/h2-9H,1H3/p+1. The molecule has 0 unspecified atom stereocenters. The second-order valence-corrected chi connectivity index (χ2v) is 5.03. The van der Waals surface area contributed by atoms with Gasteiger partial charge in [0.1, 0.15) is 0 Å². The van der Waals surface area contributed by atoms with Gasteiger partial charge in [0, 0.05) is 12.1 Å². The summed E-state index contributed by atoms with van der Waals surface area (Å²) < 4.78 is 31.3. The number of aromatic nitrogens is 1. The van der Waals surface area contributed by atoms with E-state index >= 15 is 0 Å². The SMILES string of the molecule is Cc1ccccc1-c1cc[n+](S(=O)(=O)O)cc1. The van der Waals surface area contributed by atoms with Gasteiger partial charge in [0.25, 0.3) is 0 Å². The summed E-state index contributed by atoms with van der Waals surface area (Å²) in [5.41, 5.74) is 3.05. The molecule has 0 atom stereocenters. The summed E-state index contributed by atoms with van der Waals surface area (Å²) in [7, 11) is -4.20. The second-order valence-electron chi connectivity index (χ2n) is 3.71. The first-order chi connectivity index (χ1) is 7.98. The van der Waals surface area contributed by atoms with Crippen molar-refractivity contribution in [3.63, 3.8) is 0 Å². The van der Waals surface area contributed by atoms with Gasteiger partial charge in [-0.1, -0.05) is 28.2 Å². The fourth-order valence-electron chi connectivity index (χ4n) is 1.64. The van der Waals surface area contributed by atoms with Crippen molar-refractivity contribution in [1.82, 2.24) is 0 Å². The number of pyridine rings is 1. The highest BCUT2D eigenvalue weighted by Crippen LogP contribution is 2.21. The van der Waals surface area contributed by atoms with Crippen LogP contribution in [0.3, 0.4) is 0 Å². The highest BCUT2D eigenvalue weighted by Gasteiger charge is 2.16. The lowest BCUT2D eigenvalue weighted by molar-refractivity contribution is -0.519. The van der Waals surface area contributed by atoms with Gasteiger partial charge in [0.2, 0.25) is 0 Å². The normalized spacial score (nSPS) is 11.4. The van der Waals surface area contributed by atoms with E-state index in [1.165, 1.54) is 12.4 Å². The van der Waals surface area contributed by atoms with E-state index in [4.69, 9.17) is 4.55 Å². The Balaban J connectivity index is 2.47. The fourth-order valence-corrected chi connectivity index (χ4v) is 2.07. The Morgan fingerprint density at radius 1 is 1.06 bits per heavy atom. The van der Waals surface area contributed by atoms with Gasteiger partial charge in [-0.15, -0.1) is 8.42 Å². The molecular formula is C12H12NO3S+. The van der Waals surface area contributed by atoms with Gasteiger partial charge in [0.15, 0.2) is 12.4 Å². The topological polar surface area (TPSA) is 58.2 Å². The first-order valence-electron chi connectivity index (χ1n) is 5.04. The molecule has 0 aliphatic rings. The summed E-state index contributed by atoms with van der Waals surface area (Å²) in [5, 5.41) is 0. The Morgan fingerprint density at radius 2 is 1.65 bits per heavy atom. The molecule has 0 spiro atoms. The molecule has 0 radical (unpaired) electrons. The quantitative estimate of drug-likeness (QED) is 0.650. The molecule has 0 saturated carbocycles. The van der Waals surface area contributed by atoms with Crippen molar-refractivity contribution in [3.8, 4) is 11.1 Å². The largest absolute Gasteiger partial charge is 0.511 e. The van der Waals surface area contributed by atoms with Crippen LogP contribution in [0, 0.1) is 6.92 Å². The van der Waals surface area contributed by atoms with Crippen LogP contribution in [-0.4, -0.2) is 13.0 Å². The zero-order valence-electron chi connectivity index (χ0n) is 9.24. The third-order valence-corrected chi connectivity index (χ3v) is 3.30. The van der Waals surface area contributed by atoms with Crippen LogP contribution in [0.5, 0.6) is 0 Å². The Morgan fingerprint density at radius 3 is 2.18 bits per heavy atom. The Labute approximate surface area is 100 Å². The molecule has 1 aromatic heterocycles. The second kappa shape index (κ2) is 4.27. The van der Waals surface area contributed by atoms with Gasteiger partial charge in [-0.25, -0.2) is 4.55 Å². The monoisotopic (exact) mass is 250 g/mol. The number of benzene rings is 1. The average Bonchev–Trinajstić information content (AvgIpc) is 2.29. The maximum atomic E-state index is 10.9. The van der Waals surface area contributed by atoms with Crippen LogP contribution in [0.2, 0.25) is 0 Å². The molecule has 0 fully saturated rings. The molecule has 2 aromatic rings.